The predicted molar refractivity (Wildman–Crippen MR) is 209 cm³/mol. The van der Waals surface area contributed by atoms with Gasteiger partial charge in [0.1, 0.15) is 12.4 Å². The van der Waals surface area contributed by atoms with Crippen molar-refractivity contribution in [3.05, 3.63) is 96.1 Å². The SMILES string of the molecule is CCCCOCCOc1ccc(-c2ccc(N3CCC(C(=O)NC)C3)c(/C=C(\C)C(=O)Nc3ccc([S@@](=O)Cc4cncn4CCC)cc3)c2)cc1. The Morgan fingerprint density at radius 2 is 1.75 bits per heavy atom. The van der Waals surface area contributed by atoms with E-state index in [1.807, 2.05) is 34.9 Å². The highest BCUT2D eigenvalue weighted by Crippen LogP contribution is 2.33. The Bertz CT molecular complexity index is 1840. The summed E-state index contributed by atoms with van der Waals surface area (Å²) in [6.45, 7) is 10.0. The van der Waals surface area contributed by atoms with Crippen LogP contribution in [0.2, 0.25) is 0 Å². The van der Waals surface area contributed by atoms with Gasteiger partial charge in [-0.3, -0.25) is 13.8 Å². The molecule has 11 heteroatoms. The third-order valence-corrected chi connectivity index (χ3v) is 10.5. The number of hydrogen-bond acceptors (Lipinski definition) is 7. The molecular formula is C41H51N5O5S. The van der Waals surface area contributed by atoms with Gasteiger partial charge in [0.25, 0.3) is 5.91 Å². The molecule has 4 aromatic rings. The van der Waals surface area contributed by atoms with E-state index in [9.17, 15) is 13.8 Å². The summed E-state index contributed by atoms with van der Waals surface area (Å²) in [6, 6.07) is 21.4. The number of carbonyl (C=O) groups is 2. The number of ether oxygens (including phenoxy) is 2. The fourth-order valence-corrected chi connectivity index (χ4v) is 7.31. The molecule has 0 saturated carbocycles. The Kier molecular flexibility index (Phi) is 14.2. The van der Waals surface area contributed by atoms with Crippen molar-refractivity contribution >= 4 is 40.1 Å². The Morgan fingerprint density at radius 1 is 0.981 bits per heavy atom. The van der Waals surface area contributed by atoms with Crippen LogP contribution < -0.4 is 20.3 Å². The molecule has 1 aromatic heterocycles. The fraction of sp³-hybridized carbons (Fsp3) is 0.390. The minimum Gasteiger partial charge on any atom is -0.491 e. The molecular weight excluding hydrogens is 675 g/mol. The number of nitrogens with one attached hydrogen (secondary N) is 2. The number of amides is 2. The molecule has 2 heterocycles. The van der Waals surface area contributed by atoms with Crippen LogP contribution >= 0.6 is 0 Å². The van der Waals surface area contributed by atoms with Gasteiger partial charge < -0.3 is 29.6 Å². The lowest BCUT2D eigenvalue weighted by molar-refractivity contribution is -0.123. The van der Waals surface area contributed by atoms with Crippen LogP contribution in [0.3, 0.4) is 0 Å². The van der Waals surface area contributed by atoms with Crippen LogP contribution in [0, 0.1) is 5.92 Å². The molecule has 1 aliphatic heterocycles. The molecule has 1 aliphatic rings. The highest BCUT2D eigenvalue weighted by atomic mass is 32.2. The summed E-state index contributed by atoms with van der Waals surface area (Å²) in [6.07, 6.45) is 9.34. The van der Waals surface area contributed by atoms with Gasteiger partial charge in [-0.05, 0) is 97.5 Å². The van der Waals surface area contributed by atoms with Crippen molar-refractivity contribution in [1.82, 2.24) is 14.9 Å². The fourth-order valence-electron chi connectivity index (χ4n) is 6.19. The second-order valence-electron chi connectivity index (χ2n) is 13.0. The quantitative estimate of drug-likeness (QED) is 0.0833. The first-order chi connectivity index (χ1) is 25.3. The van der Waals surface area contributed by atoms with E-state index in [1.165, 1.54) is 0 Å². The first-order valence-electron chi connectivity index (χ1n) is 18.2. The van der Waals surface area contributed by atoms with E-state index in [4.69, 9.17) is 9.47 Å². The Labute approximate surface area is 310 Å². The van der Waals surface area contributed by atoms with Crippen molar-refractivity contribution in [2.75, 3.05) is 50.2 Å². The van der Waals surface area contributed by atoms with Crippen LogP contribution in [0.15, 0.2) is 89.7 Å². The number of carbonyl (C=O) groups excluding carboxylic acids is 2. The highest BCUT2D eigenvalue weighted by molar-refractivity contribution is 7.84. The molecule has 1 fully saturated rings. The van der Waals surface area contributed by atoms with Crippen molar-refractivity contribution in [2.24, 2.45) is 5.92 Å². The summed E-state index contributed by atoms with van der Waals surface area (Å²) in [5.74, 6) is 0.870. The average Bonchev–Trinajstić information content (AvgIpc) is 3.83. The van der Waals surface area contributed by atoms with E-state index in [2.05, 4.69) is 52.6 Å². The largest absolute Gasteiger partial charge is 0.491 e. The molecule has 1 saturated heterocycles. The minimum absolute atomic E-state index is 0.0413. The molecule has 2 amide bonds. The number of imidazole rings is 1. The van der Waals surface area contributed by atoms with E-state index < -0.39 is 10.8 Å². The highest BCUT2D eigenvalue weighted by Gasteiger charge is 2.29. The van der Waals surface area contributed by atoms with Crippen LogP contribution in [0.4, 0.5) is 11.4 Å². The van der Waals surface area contributed by atoms with Crippen molar-refractivity contribution < 1.29 is 23.3 Å². The number of aryl methyl sites for hydroxylation is 1. The molecule has 2 N–H and O–H groups in total. The zero-order valence-corrected chi connectivity index (χ0v) is 31.5. The Morgan fingerprint density at radius 3 is 2.48 bits per heavy atom. The van der Waals surface area contributed by atoms with Gasteiger partial charge >= 0.3 is 0 Å². The van der Waals surface area contributed by atoms with Crippen LogP contribution in [-0.2, 0) is 37.4 Å². The van der Waals surface area contributed by atoms with Gasteiger partial charge in [0, 0.05) is 61.3 Å². The first kappa shape index (κ1) is 38.5. The molecule has 2 atom stereocenters. The number of unbranched alkanes of at least 4 members (excludes halogenated alkanes) is 1. The lowest BCUT2D eigenvalue weighted by atomic mass is 9.99. The summed E-state index contributed by atoms with van der Waals surface area (Å²) in [4.78, 5) is 33.0. The average molecular weight is 726 g/mol. The van der Waals surface area contributed by atoms with Crippen LogP contribution in [-0.4, -0.2) is 65.5 Å². The number of hydrogen-bond donors (Lipinski definition) is 2. The van der Waals surface area contributed by atoms with Crippen molar-refractivity contribution in [3.8, 4) is 16.9 Å². The lowest BCUT2D eigenvalue weighted by Crippen LogP contribution is -2.30. The molecule has 5 rings (SSSR count). The molecule has 0 aliphatic carbocycles. The maximum Gasteiger partial charge on any atom is 0.251 e. The van der Waals surface area contributed by atoms with E-state index in [0.717, 1.165) is 79.2 Å². The van der Waals surface area contributed by atoms with E-state index in [-0.39, 0.29) is 17.7 Å². The molecule has 0 radical (unpaired) electrons. The zero-order chi connectivity index (χ0) is 36.9. The standard InChI is InChI=1S/C41H51N5O5S/c1-5-7-21-50-22-23-51-37-13-8-31(9-14-37)32-10-17-39(45-20-18-33(27-45)41(48)42-4)34(25-32)24-30(3)40(47)44-35-11-15-38(16-12-35)52(49)28-36-26-43-29-46(36)19-6-2/h8-17,24-26,29,33H,5-7,18-23,27-28H2,1-4H3,(H,42,48)(H,44,47)/b30-24+/t33?,52-/m0/s1. The van der Waals surface area contributed by atoms with Gasteiger partial charge in [0.05, 0.1) is 41.1 Å². The third-order valence-electron chi connectivity index (χ3n) is 9.15. The summed E-state index contributed by atoms with van der Waals surface area (Å²) < 4.78 is 26.6. The Hall–Kier alpha value is -4.74. The van der Waals surface area contributed by atoms with Crippen molar-refractivity contribution in [2.45, 2.75) is 63.6 Å². The van der Waals surface area contributed by atoms with Gasteiger partial charge in [-0.15, -0.1) is 0 Å². The smallest absolute Gasteiger partial charge is 0.251 e. The minimum atomic E-state index is -1.24. The first-order valence-corrected chi connectivity index (χ1v) is 19.5. The van der Waals surface area contributed by atoms with Gasteiger partial charge in [0.15, 0.2) is 0 Å². The molecule has 10 nitrogen and oxygen atoms in total. The van der Waals surface area contributed by atoms with Gasteiger partial charge in [0.2, 0.25) is 5.91 Å². The van der Waals surface area contributed by atoms with Crippen molar-refractivity contribution in [1.29, 1.82) is 0 Å². The molecule has 52 heavy (non-hydrogen) atoms. The van der Waals surface area contributed by atoms with Crippen molar-refractivity contribution in [3.63, 3.8) is 0 Å². The van der Waals surface area contributed by atoms with Gasteiger partial charge in [-0.2, -0.15) is 0 Å². The molecule has 276 valence electrons. The topological polar surface area (TPSA) is 115 Å². The second kappa shape index (κ2) is 19.2. The summed E-state index contributed by atoms with van der Waals surface area (Å²) in [7, 11) is 0.429. The third kappa shape index (κ3) is 10.4. The van der Waals surface area contributed by atoms with Crippen LogP contribution in [0.1, 0.15) is 57.7 Å². The predicted octanol–water partition coefficient (Wildman–Crippen LogP) is 7.08. The molecule has 3 aromatic carbocycles. The Balaban J connectivity index is 1.30. The lowest BCUT2D eigenvalue weighted by Gasteiger charge is -2.22. The zero-order valence-electron chi connectivity index (χ0n) is 30.7. The van der Waals surface area contributed by atoms with Gasteiger partial charge in [-0.25, -0.2) is 4.98 Å². The van der Waals surface area contributed by atoms with E-state index >= 15 is 0 Å². The molecule has 0 bridgehead atoms. The summed E-state index contributed by atoms with van der Waals surface area (Å²) >= 11 is 0. The van der Waals surface area contributed by atoms with E-state index in [0.29, 0.717) is 41.7 Å². The maximum absolute atomic E-state index is 13.5. The molecule has 0 spiro atoms. The number of aromatic nitrogens is 2. The molecule has 1 unspecified atom stereocenters. The second-order valence-corrected chi connectivity index (χ2v) is 14.5. The summed E-state index contributed by atoms with van der Waals surface area (Å²) in [5, 5.41) is 5.77. The van der Waals surface area contributed by atoms with E-state index in [1.54, 1.807) is 50.8 Å². The number of nitrogens with zero attached hydrogens (tertiary/aromatic N) is 3. The summed E-state index contributed by atoms with van der Waals surface area (Å²) in [5.41, 5.74) is 5.96. The maximum atomic E-state index is 13.5. The van der Waals surface area contributed by atoms with Gasteiger partial charge in [-0.1, -0.05) is 38.5 Å². The number of benzene rings is 3. The number of anilines is 2. The van der Waals surface area contributed by atoms with Crippen LogP contribution in [0.25, 0.3) is 17.2 Å². The number of rotatable bonds is 18. The van der Waals surface area contributed by atoms with Crippen LogP contribution in [0.5, 0.6) is 5.75 Å². The normalized spacial score (nSPS) is 15.0. The monoisotopic (exact) mass is 725 g/mol.